The van der Waals surface area contributed by atoms with Crippen molar-refractivity contribution in [1.29, 1.82) is 5.26 Å². The number of hydrogen-bond donors (Lipinski definition) is 0. The molecule has 0 unspecified atom stereocenters. The third-order valence-electron chi connectivity index (χ3n) is 4.27. The fourth-order valence-electron chi connectivity index (χ4n) is 2.97. The van der Waals surface area contributed by atoms with Gasteiger partial charge in [-0.1, -0.05) is 11.3 Å². The lowest BCUT2D eigenvalue weighted by molar-refractivity contribution is 0.242. The molecule has 0 aliphatic carbocycles. The molecule has 2 atom stereocenters. The number of rotatable bonds is 4. The largest absolute Gasteiger partial charge is 0.303 e. The first-order valence-corrected chi connectivity index (χ1v) is 8.90. The Morgan fingerprint density at radius 1 is 1.33 bits per heavy atom. The zero-order chi connectivity index (χ0) is 17.3. The summed E-state index contributed by atoms with van der Waals surface area (Å²) in [6.45, 7) is 0.669. The Morgan fingerprint density at radius 3 is 2.75 bits per heavy atom. The van der Waals surface area contributed by atoms with E-state index in [4.69, 9.17) is 5.26 Å². The first-order valence-electron chi connectivity index (χ1n) is 7.46. The van der Waals surface area contributed by atoms with E-state index in [0.717, 1.165) is 0 Å². The van der Waals surface area contributed by atoms with Crippen LogP contribution >= 0.6 is 0 Å². The van der Waals surface area contributed by atoms with E-state index in [1.807, 2.05) is 25.1 Å². The average Bonchev–Trinajstić information content (AvgIpc) is 3.24. The maximum Gasteiger partial charge on any atom is 0.243 e. The highest BCUT2D eigenvalue weighted by molar-refractivity contribution is 7.89. The molecule has 0 N–H and O–H groups in total. The molecule has 3 rings (SSSR count). The van der Waals surface area contributed by atoms with Gasteiger partial charge in [0.25, 0.3) is 0 Å². The lowest BCUT2D eigenvalue weighted by Crippen LogP contribution is -2.37. The predicted octanol–water partition coefficient (Wildman–Crippen LogP) is 0.326. The Kier molecular flexibility index (Phi) is 4.36. The van der Waals surface area contributed by atoms with Crippen molar-refractivity contribution in [2.24, 2.45) is 0 Å². The topological polar surface area (TPSA) is 95.1 Å². The highest BCUT2D eigenvalue weighted by Crippen LogP contribution is 2.29. The molecule has 0 saturated carbocycles. The molecule has 24 heavy (non-hydrogen) atoms. The number of hydrogen-bond acceptors (Lipinski definition) is 6. The Labute approximate surface area is 141 Å². The summed E-state index contributed by atoms with van der Waals surface area (Å²) in [7, 11) is 0.168. The van der Waals surface area contributed by atoms with E-state index >= 15 is 0 Å². The number of nitriles is 1. The van der Waals surface area contributed by atoms with Crippen molar-refractivity contribution >= 4 is 10.0 Å². The molecule has 1 aromatic carbocycles. The van der Waals surface area contributed by atoms with Gasteiger partial charge in [0.2, 0.25) is 10.0 Å². The Balaban J connectivity index is 1.93. The van der Waals surface area contributed by atoms with Gasteiger partial charge >= 0.3 is 0 Å². The van der Waals surface area contributed by atoms with Crippen molar-refractivity contribution in [2.45, 2.75) is 17.0 Å². The van der Waals surface area contributed by atoms with Gasteiger partial charge in [-0.3, -0.25) is 0 Å². The van der Waals surface area contributed by atoms with Crippen LogP contribution in [0.5, 0.6) is 0 Å². The number of nitrogens with zero attached hydrogens (tertiary/aromatic N) is 6. The molecule has 9 heteroatoms. The van der Waals surface area contributed by atoms with Gasteiger partial charge in [0, 0.05) is 25.3 Å². The fraction of sp³-hybridized carbons (Fsp3) is 0.400. The van der Waals surface area contributed by atoms with Crippen molar-refractivity contribution in [1.82, 2.24) is 24.2 Å². The molecule has 2 aromatic rings. The zero-order valence-corrected chi connectivity index (χ0v) is 14.3. The first-order chi connectivity index (χ1) is 11.4. The highest BCUT2D eigenvalue weighted by Gasteiger charge is 2.41. The highest BCUT2D eigenvalue weighted by atomic mass is 32.2. The molecule has 2 heterocycles. The van der Waals surface area contributed by atoms with Crippen LogP contribution in [0.1, 0.15) is 11.6 Å². The predicted molar refractivity (Wildman–Crippen MR) is 86.4 cm³/mol. The lowest BCUT2D eigenvalue weighted by atomic mass is 10.1. The third kappa shape index (κ3) is 2.91. The monoisotopic (exact) mass is 346 g/mol. The van der Waals surface area contributed by atoms with Crippen LogP contribution in [0.25, 0.3) is 0 Å². The maximum atomic E-state index is 12.9. The van der Waals surface area contributed by atoms with Crippen molar-refractivity contribution in [2.75, 3.05) is 27.2 Å². The number of sulfonamides is 1. The van der Waals surface area contributed by atoms with E-state index in [1.165, 1.54) is 16.4 Å². The van der Waals surface area contributed by atoms with Crippen LogP contribution in [0.2, 0.25) is 0 Å². The summed E-state index contributed by atoms with van der Waals surface area (Å²) >= 11 is 0. The van der Waals surface area contributed by atoms with E-state index in [9.17, 15) is 8.42 Å². The molecular formula is C15H18N6O2S. The summed E-state index contributed by atoms with van der Waals surface area (Å²) in [6, 6.07) is 7.94. The van der Waals surface area contributed by atoms with Crippen LogP contribution in [0.3, 0.4) is 0 Å². The van der Waals surface area contributed by atoms with E-state index in [-0.39, 0.29) is 17.0 Å². The summed E-state index contributed by atoms with van der Waals surface area (Å²) in [5.41, 5.74) is 0.326. The van der Waals surface area contributed by atoms with Crippen LogP contribution in [-0.4, -0.2) is 65.8 Å². The molecule has 1 fully saturated rings. The second-order valence-electron chi connectivity index (χ2n) is 5.94. The van der Waals surface area contributed by atoms with Crippen molar-refractivity contribution < 1.29 is 8.42 Å². The normalized spacial score (nSPS) is 21.9. The van der Waals surface area contributed by atoms with Gasteiger partial charge < -0.3 is 4.90 Å². The molecule has 1 saturated heterocycles. The maximum absolute atomic E-state index is 12.9. The van der Waals surface area contributed by atoms with Crippen LogP contribution in [0.15, 0.2) is 41.6 Å². The van der Waals surface area contributed by atoms with Crippen molar-refractivity contribution in [3.8, 4) is 6.07 Å². The van der Waals surface area contributed by atoms with E-state index in [0.29, 0.717) is 18.7 Å². The molecule has 126 valence electrons. The minimum absolute atomic E-state index is 0.0133. The third-order valence-corrected chi connectivity index (χ3v) is 6.10. The van der Waals surface area contributed by atoms with Crippen LogP contribution < -0.4 is 0 Å². The first kappa shape index (κ1) is 16.6. The lowest BCUT2D eigenvalue weighted by Gasteiger charge is -2.24. The van der Waals surface area contributed by atoms with Gasteiger partial charge in [-0.25, -0.2) is 13.1 Å². The van der Waals surface area contributed by atoms with Gasteiger partial charge in [0.15, 0.2) is 0 Å². The summed E-state index contributed by atoms with van der Waals surface area (Å²) < 4.78 is 29.0. The number of aromatic nitrogens is 3. The summed E-state index contributed by atoms with van der Waals surface area (Å²) in [6.07, 6.45) is 3.33. The second kappa shape index (κ2) is 6.32. The van der Waals surface area contributed by atoms with E-state index in [2.05, 4.69) is 10.3 Å². The minimum atomic E-state index is -3.67. The Bertz CT molecular complexity index is 856. The average molecular weight is 346 g/mol. The number of benzene rings is 1. The molecule has 1 aliphatic rings. The van der Waals surface area contributed by atoms with Crippen molar-refractivity contribution in [3.05, 3.63) is 42.2 Å². The molecule has 0 radical (unpaired) electrons. The van der Waals surface area contributed by atoms with Gasteiger partial charge in [0.1, 0.15) is 0 Å². The second-order valence-corrected chi connectivity index (χ2v) is 7.88. The quantitative estimate of drug-likeness (QED) is 0.791. The smallest absolute Gasteiger partial charge is 0.243 e. The molecule has 1 aromatic heterocycles. The minimum Gasteiger partial charge on any atom is -0.303 e. The van der Waals surface area contributed by atoms with Gasteiger partial charge in [-0.2, -0.15) is 9.57 Å². The summed E-state index contributed by atoms with van der Waals surface area (Å²) in [5.74, 6) is 0. The SMILES string of the molecule is CN(C)[C@@H]1CN(S(=O)(=O)c2cccc(C#N)c2)C[C@@H]1n1ccnn1. The van der Waals surface area contributed by atoms with E-state index in [1.54, 1.807) is 29.2 Å². The molecule has 8 nitrogen and oxygen atoms in total. The fourth-order valence-corrected chi connectivity index (χ4v) is 4.49. The van der Waals surface area contributed by atoms with Gasteiger partial charge in [0.05, 0.1) is 28.8 Å². The van der Waals surface area contributed by atoms with Crippen LogP contribution in [0, 0.1) is 11.3 Å². The van der Waals surface area contributed by atoms with Crippen molar-refractivity contribution in [3.63, 3.8) is 0 Å². The molecule has 1 aliphatic heterocycles. The van der Waals surface area contributed by atoms with Gasteiger partial charge in [-0.05, 0) is 32.3 Å². The number of likely N-dealkylation sites (N-methyl/N-ethyl adjacent to an activating group) is 1. The Morgan fingerprint density at radius 2 is 2.12 bits per heavy atom. The summed E-state index contributed by atoms with van der Waals surface area (Å²) in [5, 5.41) is 16.8. The van der Waals surface area contributed by atoms with Crippen LogP contribution in [-0.2, 0) is 10.0 Å². The van der Waals surface area contributed by atoms with Crippen LogP contribution in [0.4, 0.5) is 0 Å². The summed E-state index contributed by atoms with van der Waals surface area (Å²) in [4.78, 5) is 2.13. The molecular weight excluding hydrogens is 328 g/mol. The standard InChI is InChI=1S/C15H18N6O2S/c1-19(2)14-10-20(11-15(14)21-7-6-17-18-21)24(22,23)13-5-3-4-12(8-13)9-16/h3-8,14-15H,10-11H2,1-2H3/t14-,15+/m1/s1. The Hall–Kier alpha value is -2.28. The zero-order valence-electron chi connectivity index (χ0n) is 13.4. The van der Waals surface area contributed by atoms with E-state index < -0.39 is 10.0 Å². The van der Waals surface area contributed by atoms with Gasteiger partial charge in [-0.15, -0.1) is 5.10 Å². The molecule has 0 spiro atoms. The molecule has 0 amide bonds. The molecule has 0 bridgehead atoms.